The van der Waals surface area contributed by atoms with Gasteiger partial charge in [-0.3, -0.25) is 4.68 Å². The molecule has 2 N–H and O–H groups in total. The number of fused-ring (bicyclic) bond motifs is 1. The summed E-state index contributed by atoms with van der Waals surface area (Å²) in [7, 11) is 0. The molecule has 0 aliphatic heterocycles. The third kappa shape index (κ3) is 3.41. The quantitative estimate of drug-likeness (QED) is 0.658. The smallest absolute Gasteiger partial charge is 0.370 e. The van der Waals surface area contributed by atoms with Crippen molar-refractivity contribution in [2.45, 2.75) is 38.9 Å². The van der Waals surface area contributed by atoms with Crippen LogP contribution in [0.2, 0.25) is 0 Å². The Morgan fingerprint density at radius 3 is 2.89 bits per heavy atom. The van der Waals surface area contributed by atoms with Gasteiger partial charge >= 0.3 is 6.18 Å². The van der Waals surface area contributed by atoms with E-state index in [0.717, 1.165) is 24.7 Å². The molecule has 4 rings (SSSR count). The molecular weight excluding hydrogens is 391 g/mol. The SMILES string of the molecule is CCNc1nc(Nc2cn([C@@H]3CCc4ncsc43)nc2C)ncc1C(F)(F)F. The Kier molecular flexibility index (Phi) is 4.69. The van der Waals surface area contributed by atoms with Crippen LogP contribution in [0, 0.1) is 6.92 Å². The fraction of sp³-hybridized carbons (Fsp3) is 0.412. The summed E-state index contributed by atoms with van der Waals surface area (Å²) in [6.07, 6.45) is -0.0572. The van der Waals surface area contributed by atoms with Crippen LogP contribution in [0.1, 0.15) is 41.2 Å². The summed E-state index contributed by atoms with van der Waals surface area (Å²) in [6, 6.07) is 0.127. The fourth-order valence-corrected chi connectivity index (χ4v) is 4.20. The molecule has 0 bridgehead atoms. The molecule has 0 spiro atoms. The summed E-state index contributed by atoms with van der Waals surface area (Å²) >= 11 is 1.61. The summed E-state index contributed by atoms with van der Waals surface area (Å²) < 4.78 is 41.2. The van der Waals surface area contributed by atoms with Gasteiger partial charge in [0.2, 0.25) is 5.95 Å². The molecule has 11 heteroatoms. The van der Waals surface area contributed by atoms with Crippen LogP contribution in [-0.4, -0.2) is 31.3 Å². The van der Waals surface area contributed by atoms with E-state index in [0.29, 0.717) is 17.9 Å². The van der Waals surface area contributed by atoms with Crippen LogP contribution in [0.15, 0.2) is 17.9 Å². The van der Waals surface area contributed by atoms with Crippen molar-refractivity contribution >= 4 is 28.8 Å². The second-order valence-corrected chi connectivity index (χ2v) is 7.32. The zero-order valence-electron chi connectivity index (χ0n) is 15.2. The molecule has 3 aromatic rings. The van der Waals surface area contributed by atoms with Crippen LogP contribution >= 0.6 is 11.3 Å². The van der Waals surface area contributed by atoms with E-state index in [4.69, 9.17) is 0 Å². The van der Waals surface area contributed by atoms with E-state index in [1.165, 1.54) is 4.88 Å². The van der Waals surface area contributed by atoms with E-state index in [9.17, 15) is 13.2 Å². The molecule has 3 aromatic heterocycles. The predicted molar refractivity (Wildman–Crippen MR) is 100 cm³/mol. The van der Waals surface area contributed by atoms with Crippen molar-refractivity contribution in [2.24, 2.45) is 0 Å². The Balaban J connectivity index is 1.60. The summed E-state index contributed by atoms with van der Waals surface area (Å²) in [5, 5.41) is 10.2. The maximum absolute atomic E-state index is 13.1. The minimum absolute atomic E-state index is 0.0801. The van der Waals surface area contributed by atoms with Gasteiger partial charge in [0.15, 0.2) is 0 Å². The molecule has 1 atom stereocenters. The number of nitrogens with zero attached hydrogens (tertiary/aromatic N) is 5. The molecule has 148 valence electrons. The standard InChI is InChI=1S/C17H18F3N7S/c1-3-21-15-10(17(18,19)20)6-22-16(25-15)24-12-7-27(26-9(12)2)13-5-4-11-14(13)28-8-23-11/h6-8,13H,3-5H2,1-2H3,(H2,21,22,24,25)/t13-/m1/s1. The number of aromatic nitrogens is 5. The lowest BCUT2D eigenvalue weighted by molar-refractivity contribution is -0.137. The van der Waals surface area contributed by atoms with Crippen molar-refractivity contribution in [1.82, 2.24) is 24.7 Å². The van der Waals surface area contributed by atoms with E-state index in [-0.39, 0.29) is 17.8 Å². The highest BCUT2D eigenvalue weighted by molar-refractivity contribution is 7.09. The van der Waals surface area contributed by atoms with Gasteiger partial charge in [-0.2, -0.15) is 23.3 Å². The zero-order valence-corrected chi connectivity index (χ0v) is 16.0. The molecule has 0 unspecified atom stereocenters. The van der Waals surface area contributed by atoms with Crippen LogP contribution in [0.5, 0.6) is 0 Å². The first-order chi connectivity index (χ1) is 13.4. The molecule has 3 heterocycles. The molecule has 1 aliphatic rings. The van der Waals surface area contributed by atoms with Crippen LogP contribution in [0.4, 0.5) is 30.6 Å². The third-order valence-corrected chi connectivity index (χ3v) is 5.52. The molecule has 0 amide bonds. The second-order valence-electron chi connectivity index (χ2n) is 6.43. The Morgan fingerprint density at radius 2 is 2.14 bits per heavy atom. The molecule has 28 heavy (non-hydrogen) atoms. The third-order valence-electron chi connectivity index (χ3n) is 4.55. The van der Waals surface area contributed by atoms with Crippen LogP contribution < -0.4 is 10.6 Å². The van der Waals surface area contributed by atoms with E-state index in [1.807, 2.05) is 23.3 Å². The lowest BCUT2D eigenvalue weighted by Gasteiger charge is -2.13. The summed E-state index contributed by atoms with van der Waals surface area (Å²) in [5.41, 5.74) is 3.42. The van der Waals surface area contributed by atoms with Crippen molar-refractivity contribution in [3.8, 4) is 0 Å². The molecule has 0 saturated carbocycles. The van der Waals surface area contributed by atoms with Gasteiger partial charge in [-0.15, -0.1) is 11.3 Å². The topological polar surface area (TPSA) is 80.5 Å². The van der Waals surface area contributed by atoms with Crippen molar-refractivity contribution in [3.63, 3.8) is 0 Å². The highest BCUT2D eigenvalue weighted by Crippen LogP contribution is 2.37. The maximum atomic E-state index is 13.1. The number of alkyl halides is 3. The Labute approximate surface area is 163 Å². The van der Waals surface area contributed by atoms with Crippen molar-refractivity contribution in [3.05, 3.63) is 39.7 Å². The van der Waals surface area contributed by atoms with Crippen molar-refractivity contribution in [1.29, 1.82) is 0 Å². The lowest BCUT2D eigenvalue weighted by Crippen LogP contribution is -2.14. The monoisotopic (exact) mass is 409 g/mol. The normalized spacial score (nSPS) is 16.2. The Bertz CT molecular complexity index is 995. The predicted octanol–water partition coefficient (Wildman–Crippen LogP) is 4.17. The number of hydrogen-bond donors (Lipinski definition) is 2. The van der Waals surface area contributed by atoms with E-state index < -0.39 is 11.7 Å². The lowest BCUT2D eigenvalue weighted by atomic mass is 10.3. The molecule has 0 aromatic carbocycles. The van der Waals surface area contributed by atoms with Gasteiger partial charge in [0.05, 0.1) is 33.5 Å². The minimum Gasteiger partial charge on any atom is -0.370 e. The van der Waals surface area contributed by atoms with Gasteiger partial charge in [-0.25, -0.2) is 9.97 Å². The number of nitrogens with one attached hydrogen (secondary N) is 2. The van der Waals surface area contributed by atoms with Crippen LogP contribution in [0.3, 0.4) is 0 Å². The highest BCUT2D eigenvalue weighted by atomic mass is 32.1. The van der Waals surface area contributed by atoms with E-state index >= 15 is 0 Å². The number of hydrogen-bond acceptors (Lipinski definition) is 7. The zero-order chi connectivity index (χ0) is 19.9. The summed E-state index contributed by atoms with van der Waals surface area (Å²) in [6.45, 7) is 3.85. The summed E-state index contributed by atoms with van der Waals surface area (Å²) in [4.78, 5) is 13.4. The number of thiazole rings is 1. The Hall–Kier alpha value is -2.69. The molecule has 1 aliphatic carbocycles. The molecule has 0 saturated heterocycles. The van der Waals surface area contributed by atoms with Gasteiger partial charge in [-0.05, 0) is 26.7 Å². The van der Waals surface area contributed by atoms with Crippen LogP contribution in [-0.2, 0) is 12.6 Å². The molecule has 0 radical (unpaired) electrons. The fourth-order valence-electron chi connectivity index (χ4n) is 3.23. The first-order valence-corrected chi connectivity index (χ1v) is 9.68. The van der Waals surface area contributed by atoms with Gasteiger partial charge < -0.3 is 10.6 Å². The van der Waals surface area contributed by atoms with Gasteiger partial charge in [-0.1, -0.05) is 0 Å². The molecular formula is C17H18F3N7S. The van der Waals surface area contributed by atoms with Gasteiger partial charge in [0.25, 0.3) is 0 Å². The minimum atomic E-state index is -4.52. The van der Waals surface area contributed by atoms with E-state index in [2.05, 4.69) is 30.7 Å². The largest absolute Gasteiger partial charge is 0.421 e. The molecule has 7 nitrogen and oxygen atoms in total. The van der Waals surface area contributed by atoms with Crippen molar-refractivity contribution < 1.29 is 13.2 Å². The summed E-state index contributed by atoms with van der Waals surface area (Å²) in [5.74, 6) is -0.167. The highest BCUT2D eigenvalue weighted by Gasteiger charge is 2.35. The number of halogens is 3. The number of anilines is 3. The van der Waals surface area contributed by atoms with Gasteiger partial charge in [0, 0.05) is 18.9 Å². The van der Waals surface area contributed by atoms with Crippen LogP contribution in [0.25, 0.3) is 0 Å². The van der Waals surface area contributed by atoms with Crippen molar-refractivity contribution in [2.75, 3.05) is 17.2 Å². The first-order valence-electron chi connectivity index (χ1n) is 8.80. The van der Waals surface area contributed by atoms with E-state index in [1.54, 1.807) is 18.3 Å². The maximum Gasteiger partial charge on any atom is 0.421 e. The average Bonchev–Trinajstić information content (AvgIpc) is 3.31. The second kappa shape index (κ2) is 7.04. The number of aryl methyl sites for hydroxylation is 2. The Morgan fingerprint density at radius 1 is 1.32 bits per heavy atom. The number of rotatable bonds is 5. The van der Waals surface area contributed by atoms with Gasteiger partial charge in [0.1, 0.15) is 11.4 Å². The average molecular weight is 409 g/mol. The first kappa shape index (κ1) is 18.7. The molecule has 0 fully saturated rings.